The average molecular weight is 397 g/mol. The smallest absolute Gasteiger partial charge is 0.260 e. The lowest BCUT2D eigenvalue weighted by molar-refractivity contribution is 0.0748. The van der Waals surface area contributed by atoms with Crippen molar-refractivity contribution in [3.05, 3.63) is 57.5 Å². The molecule has 0 bridgehead atoms. The molecular weight excluding hydrogens is 372 g/mol. The molecule has 3 aromatic rings. The summed E-state index contributed by atoms with van der Waals surface area (Å²) in [6, 6.07) is 7.82. The molecule has 0 aliphatic carbocycles. The zero-order valence-corrected chi connectivity index (χ0v) is 17.0. The molecule has 3 aromatic heterocycles. The number of rotatable bonds is 4. The van der Waals surface area contributed by atoms with Gasteiger partial charge in [-0.15, -0.1) is 11.3 Å². The highest BCUT2D eigenvalue weighted by Gasteiger charge is 2.27. The molecule has 1 saturated heterocycles. The number of hydrogen-bond acceptors (Lipinski definition) is 5. The van der Waals surface area contributed by atoms with Crippen LogP contribution in [0.5, 0.6) is 0 Å². The summed E-state index contributed by atoms with van der Waals surface area (Å²) < 4.78 is 2.61. The van der Waals surface area contributed by atoms with E-state index in [1.807, 2.05) is 49.2 Å². The Morgan fingerprint density at radius 1 is 1.18 bits per heavy atom. The van der Waals surface area contributed by atoms with Crippen molar-refractivity contribution in [3.63, 3.8) is 0 Å². The molecule has 7 heteroatoms. The van der Waals surface area contributed by atoms with E-state index in [1.165, 1.54) is 11.3 Å². The Morgan fingerprint density at radius 3 is 2.64 bits per heavy atom. The highest BCUT2D eigenvalue weighted by Crippen LogP contribution is 2.30. The number of hydrogen-bond donors (Lipinski definition) is 0. The summed E-state index contributed by atoms with van der Waals surface area (Å²) in [7, 11) is 0. The molecule has 0 atom stereocenters. The number of anilines is 1. The van der Waals surface area contributed by atoms with Crippen LogP contribution < -0.4 is 10.5 Å². The fraction of sp³-hybridized carbons (Fsp3) is 0.381. The zero-order chi connectivity index (χ0) is 19.7. The van der Waals surface area contributed by atoms with E-state index < -0.39 is 0 Å². The van der Waals surface area contributed by atoms with E-state index in [4.69, 9.17) is 0 Å². The lowest BCUT2D eigenvalue weighted by Crippen LogP contribution is -2.49. The van der Waals surface area contributed by atoms with Crippen LogP contribution >= 0.6 is 11.3 Å². The minimum absolute atomic E-state index is 0.0317. The molecule has 4 rings (SSSR count). The van der Waals surface area contributed by atoms with Gasteiger partial charge in [0.15, 0.2) is 0 Å². The second-order valence-corrected chi connectivity index (χ2v) is 8.31. The number of pyridine rings is 2. The summed E-state index contributed by atoms with van der Waals surface area (Å²) in [5.41, 5.74) is 0.529. The Bertz CT molecular complexity index is 1050. The van der Waals surface area contributed by atoms with Crippen LogP contribution in [0, 0.1) is 6.92 Å². The molecule has 28 heavy (non-hydrogen) atoms. The van der Waals surface area contributed by atoms with E-state index in [9.17, 15) is 9.59 Å². The average Bonchev–Trinajstić information content (AvgIpc) is 3.07. The number of aromatic nitrogens is 2. The third kappa shape index (κ3) is 3.30. The first kappa shape index (κ1) is 18.7. The van der Waals surface area contributed by atoms with Gasteiger partial charge in [-0.25, -0.2) is 4.98 Å². The third-order valence-electron chi connectivity index (χ3n) is 5.21. The van der Waals surface area contributed by atoms with E-state index in [-0.39, 0.29) is 11.5 Å². The second kappa shape index (κ2) is 7.75. The molecular formula is C21H24N4O2S. The number of fused-ring (bicyclic) bond motifs is 1. The summed E-state index contributed by atoms with van der Waals surface area (Å²) in [5, 5.41) is 0.579. The van der Waals surface area contributed by atoms with Crippen LogP contribution in [-0.2, 0) is 6.54 Å². The Kier molecular flexibility index (Phi) is 5.17. The Morgan fingerprint density at radius 2 is 1.96 bits per heavy atom. The van der Waals surface area contributed by atoms with Crippen LogP contribution in [0.2, 0.25) is 0 Å². The maximum atomic E-state index is 13.3. The van der Waals surface area contributed by atoms with E-state index in [0.29, 0.717) is 30.6 Å². The number of nitrogens with zero attached hydrogens (tertiary/aromatic N) is 4. The molecule has 0 radical (unpaired) electrons. The third-order valence-corrected chi connectivity index (χ3v) is 6.28. The summed E-state index contributed by atoms with van der Waals surface area (Å²) >= 11 is 1.53. The van der Waals surface area contributed by atoms with Crippen molar-refractivity contribution in [2.24, 2.45) is 0 Å². The van der Waals surface area contributed by atoms with Gasteiger partial charge in [-0.1, -0.05) is 13.0 Å². The Labute approximate surface area is 168 Å². The maximum Gasteiger partial charge on any atom is 0.260 e. The van der Waals surface area contributed by atoms with Crippen LogP contribution in [-0.4, -0.2) is 46.5 Å². The van der Waals surface area contributed by atoms with Gasteiger partial charge in [0.2, 0.25) is 0 Å². The van der Waals surface area contributed by atoms with Gasteiger partial charge in [0, 0.05) is 54.7 Å². The van der Waals surface area contributed by atoms with Crippen molar-refractivity contribution in [2.45, 2.75) is 26.8 Å². The zero-order valence-electron chi connectivity index (χ0n) is 16.2. The molecule has 0 N–H and O–H groups in total. The Hall–Kier alpha value is -2.67. The topological polar surface area (TPSA) is 58.4 Å². The minimum Gasteiger partial charge on any atom is -0.353 e. The molecule has 4 heterocycles. The van der Waals surface area contributed by atoms with Gasteiger partial charge in [-0.3, -0.25) is 9.59 Å². The molecule has 1 fully saturated rings. The summed E-state index contributed by atoms with van der Waals surface area (Å²) in [6.07, 6.45) is 4.51. The number of aryl methyl sites for hydroxylation is 2. The van der Waals surface area contributed by atoms with E-state index in [1.54, 1.807) is 10.8 Å². The van der Waals surface area contributed by atoms with Crippen LogP contribution in [0.4, 0.5) is 5.82 Å². The standard InChI is InChI=1S/C21H24N4O2S/c1-3-9-24-10-7-16-19(21(24)27)18(15(2)28-16)20(26)25-13-11-23(12-14-25)17-6-4-5-8-22-17/h4-8,10H,3,9,11-14H2,1-2H3. The lowest BCUT2D eigenvalue weighted by atomic mass is 10.1. The van der Waals surface area contributed by atoms with E-state index in [0.717, 1.165) is 34.9 Å². The second-order valence-electron chi connectivity index (χ2n) is 7.05. The molecule has 0 spiro atoms. The monoisotopic (exact) mass is 396 g/mol. The van der Waals surface area contributed by atoms with Crippen LogP contribution in [0.1, 0.15) is 28.6 Å². The molecule has 0 saturated carbocycles. The number of thiophene rings is 1. The predicted octanol–water partition coefficient (Wildman–Crippen LogP) is 3.14. The van der Waals surface area contributed by atoms with Gasteiger partial charge >= 0.3 is 0 Å². The number of carbonyl (C=O) groups is 1. The van der Waals surface area contributed by atoms with Crippen molar-refractivity contribution >= 4 is 33.1 Å². The van der Waals surface area contributed by atoms with E-state index in [2.05, 4.69) is 9.88 Å². The van der Waals surface area contributed by atoms with Gasteiger partial charge in [0.1, 0.15) is 5.82 Å². The van der Waals surface area contributed by atoms with Crippen molar-refractivity contribution in [3.8, 4) is 0 Å². The van der Waals surface area contributed by atoms with Crippen LogP contribution in [0.15, 0.2) is 41.5 Å². The predicted molar refractivity (Wildman–Crippen MR) is 113 cm³/mol. The van der Waals surface area contributed by atoms with E-state index >= 15 is 0 Å². The number of carbonyl (C=O) groups excluding carboxylic acids is 1. The first-order chi connectivity index (χ1) is 13.6. The lowest BCUT2D eigenvalue weighted by Gasteiger charge is -2.35. The quantitative estimate of drug-likeness (QED) is 0.680. The van der Waals surface area contributed by atoms with Gasteiger partial charge in [-0.2, -0.15) is 0 Å². The summed E-state index contributed by atoms with van der Waals surface area (Å²) in [4.78, 5) is 35.6. The highest BCUT2D eigenvalue weighted by atomic mass is 32.1. The van der Waals surface area contributed by atoms with Gasteiger partial charge in [0.25, 0.3) is 11.5 Å². The first-order valence-electron chi connectivity index (χ1n) is 9.68. The molecule has 1 aliphatic heterocycles. The fourth-order valence-corrected chi connectivity index (χ4v) is 4.82. The maximum absolute atomic E-state index is 13.3. The molecule has 1 amide bonds. The highest BCUT2D eigenvalue weighted by molar-refractivity contribution is 7.19. The number of amides is 1. The van der Waals surface area contributed by atoms with Gasteiger partial charge in [-0.05, 0) is 31.5 Å². The molecule has 0 unspecified atom stereocenters. The largest absolute Gasteiger partial charge is 0.353 e. The van der Waals surface area contributed by atoms with Crippen molar-refractivity contribution in [2.75, 3.05) is 31.1 Å². The number of piperazine rings is 1. The Balaban J connectivity index is 1.60. The molecule has 6 nitrogen and oxygen atoms in total. The summed E-state index contributed by atoms with van der Waals surface area (Å²) in [6.45, 7) is 7.38. The molecule has 1 aliphatic rings. The SMILES string of the molecule is CCCn1ccc2sc(C)c(C(=O)N3CCN(c4ccccn4)CC3)c2c1=O. The van der Waals surface area contributed by atoms with Gasteiger partial charge in [0.05, 0.1) is 10.9 Å². The van der Waals surface area contributed by atoms with Crippen LogP contribution in [0.3, 0.4) is 0 Å². The summed E-state index contributed by atoms with van der Waals surface area (Å²) in [5.74, 6) is 0.907. The van der Waals surface area contributed by atoms with Crippen molar-refractivity contribution in [1.82, 2.24) is 14.5 Å². The molecule has 146 valence electrons. The first-order valence-corrected chi connectivity index (χ1v) is 10.5. The minimum atomic E-state index is -0.0563. The fourth-order valence-electron chi connectivity index (χ4n) is 3.78. The normalized spacial score (nSPS) is 14.6. The van der Waals surface area contributed by atoms with Gasteiger partial charge < -0.3 is 14.4 Å². The van der Waals surface area contributed by atoms with Crippen LogP contribution in [0.25, 0.3) is 10.1 Å². The molecule has 0 aromatic carbocycles. The van der Waals surface area contributed by atoms with Crippen molar-refractivity contribution in [1.29, 1.82) is 0 Å². The van der Waals surface area contributed by atoms with Crippen molar-refractivity contribution < 1.29 is 4.79 Å².